The number of fused-ring (bicyclic) bond motifs is 1. The second kappa shape index (κ2) is 7.11. The normalized spacial score (nSPS) is 13.2. The van der Waals surface area contributed by atoms with Crippen molar-refractivity contribution < 1.29 is 8.42 Å². The third kappa shape index (κ3) is 3.53. The molecular formula is C18H20N2O3S2. The van der Waals surface area contributed by atoms with Gasteiger partial charge in [-0.1, -0.05) is 48.6 Å². The van der Waals surface area contributed by atoms with Crippen molar-refractivity contribution in [3.05, 3.63) is 63.8 Å². The molecule has 132 valence electrons. The highest BCUT2D eigenvalue weighted by Crippen LogP contribution is 2.24. The Kier molecular flexibility index (Phi) is 5.08. The van der Waals surface area contributed by atoms with E-state index in [4.69, 9.17) is 0 Å². The molecule has 1 N–H and O–H groups in total. The quantitative estimate of drug-likeness (QED) is 0.716. The van der Waals surface area contributed by atoms with Gasteiger partial charge >= 0.3 is 4.87 Å². The molecule has 1 atom stereocenters. The maximum Gasteiger partial charge on any atom is 0.308 e. The summed E-state index contributed by atoms with van der Waals surface area (Å²) >= 11 is 1.07. The van der Waals surface area contributed by atoms with Crippen LogP contribution in [0.4, 0.5) is 0 Å². The highest BCUT2D eigenvalue weighted by atomic mass is 32.2. The second-order valence-corrected chi connectivity index (χ2v) is 8.44. The molecule has 3 aromatic rings. The van der Waals surface area contributed by atoms with Crippen LogP contribution in [-0.2, 0) is 16.6 Å². The van der Waals surface area contributed by atoms with Gasteiger partial charge in [-0.2, -0.15) is 0 Å². The summed E-state index contributed by atoms with van der Waals surface area (Å²) in [4.78, 5) is 12.1. The number of aryl methyl sites for hydroxylation is 1. The minimum absolute atomic E-state index is 0.0734. The molecule has 0 radical (unpaired) electrons. The van der Waals surface area contributed by atoms with Gasteiger partial charge in [0.05, 0.1) is 15.1 Å². The average Bonchev–Trinajstić information content (AvgIpc) is 2.94. The van der Waals surface area contributed by atoms with Crippen LogP contribution in [0.15, 0.2) is 58.2 Å². The monoisotopic (exact) mass is 376 g/mol. The van der Waals surface area contributed by atoms with E-state index >= 15 is 0 Å². The first-order valence-electron chi connectivity index (χ1n) is 8.17. The fourth-order valence-corrected chi connectivity index (χ4v) is 5.24. The molecular weight excluding hydrogens is 356 g/mol. The average molecular weight is 377 g/mol. The lowest BCUT2D eigenvalue weighted by atomic mass is 10.1. The predicted octanol–water partition coefficient (Wildman–Crippen LogP) is 3.51. The van der Waals surface area contributed by atoms with E-state index in [9.17, 15) is 13.2 Å². The number of hydrogen-bond acceptors (Lipinski definition) is 4. The van der Waals surface area contributed by atoms with Crippen LogP contribution in [0.2, 0.25) is 0 Å². The van der Waals surface area contributed by atoms with Crippen LogP contribution < -0.4 is 9.60 Å². The Labute approximate surface area is 151 Å². The van der Waals surface area contributed by atoms with E-state index in [1.165, 1.54) is 0 Å². The first kappa shape index (κ1) is 17.8. The van der Waals surface area contributed by atoms with Gasteiger partial charge in [-0.3, -0.25) is 9.36 Å². The number of nitrogens with zero attached hydrogens (tertiary/aromatic N) is 1. The van der Waals surface area contributed by atoms with Crippen LogP contribution in [0.1, 0.15) is 31.9 Å². The Morgan fingerprint density at radius 2 is 1.84 bits per heavy atom. The van der Waals surface area contributed by atoms with Gasteiger partial charge in [0.25, 0.3) is 0 Å². The van der Waals surface area contributed by atoms with Gasteiger partial charge in [-0.15, -0.1) is 0 Å². The topological polar surface area (TPSA) is 68.2 Å². The molecule has 25 heavy (non-hydrogen) atoms. The SMILES string of the molecule is CC[C@@H](NS(=O)(=O)c1ccc2c(c1)sc(=O)n2CC)c1ccccc1. The summed E-state index contributed by atoms with van der Waals surface area (Å²) < 4.78 is 30.7. The molecule has 0 aliphatic heterocycles. The van der Waals surface area contributed by atoms with Crippen molar-refractivity contribution >= 4 is 31.6 Å². The van der Waals surface area contributed by atoms with Gasteiger partial charge in [-0.25, -0.2) is 13.1 Å². The molecule has 1 aromatic heterocycles. The van der Waals surface area contributed by atoms with Crippen LogP contribution in [0.5, 0.6) is 0 Å². The van der Waals surface area contributed by atoms with Crippen LogP contribution >= 0.6 is 11.3 Å². The standard InChI is InChI=1S/C18H20N2O3S2/c1-3-15(13-8-6-5-7-9-13)19-25(22,23)14-10-11-16-17(12-14)24-18(21)20(16)4-2/h5-12,15,19H,3-4H2,1-2H3/t15-/m1/s1. The molecule has 7 heteroatoms. The summed E-state index contributed by atoms with van der Waals surface area (Å²) in [6.07, 6.45) is 0.644. The summed E-state index contributed by atoms with van der Waals surface area (Å²) in [6.45, 7) is 4.40. The summed E-state index contributed by atoms with van der Waals surface area (Å²) in [5.74, 6) is 0. The second-order valence-electron chi connectivity index (χ2n) is 5.73. The molecule has 2 aromatic carbocycles. The molecule has 5 nitrogen and oxygen atoms in total. The number of rotatable bonds is 6. The van der Waals surface area contributed by atoms with Crippen molar-refractivity contribution in [2.75, 3.05) is 0 Å². The van der Waals surface area contributed by atoms with Gasteiger partial charge in [0, 0.05) is 12.6 Å². The lowest BCUT2D eigenvalue weighted by molar-refractivity contribution is 0.550. The molecule has 0 saturated heterocycles. The van der Waals surface area contributed by atoms with Crippen molar-refractivity contribution in [2.45, 2.75) is 37.8 Å². The van der Waals surface area contributed by atoms with Gasteiger partial charge in [0.2, 0.25) is 10.0 Å². The van der Waals surface area contributed by atoms with Gasteiger partial charge in [-0.05, 0) is 37.1 Å². The van der Waals surface area contributed by atoms with E-state index in [0.29, 0.717) is 17.7 Å². The van der Waals surface area contributed by atoms with E-state index in [0.717, 1.165) is 22.4 Å². The van der Waals surface area contributed by atoms with Gasteiger partial charge < -0.3 is 0 Å². The lowest BCUT2D eigenvalue weighted by Crippen LogP contribution is -2.28. The number of aromatic nitrogens is 1. The largest absolute Gasteiger partial charge is 0.308 e. The molecule has 0 saturated carbocycles. The first-order chi connectivity index (χ1) is 12.0. The Balaban J connectivity index is 1.97. The Bertz CT molecular complexity index is 1040. The number of thiazole rings is 1. The summed E-state index contributed by atoms with van der Waals surface area (Å²) in [5, 5.41) is 0. The zero-order chi connectivity index (χ0) is 18.0. The van der Waals surface area contributed by atoms with Crippen LogP contribution in [0.3, 0.4) is 0 Å². The molecule has 0 unspecified atom stereocenters. The van der Waals surface area contributed by atoms with E-state index in [1.807, 2.05) is 44.2 Å². The molecule has 0 aliphatic carbocycles. The number of sulfonamides is 1. The Hall–Kier alpha value is -1.96. The number of benzene rings is 2. The number of hydrogen-bond donors (Lipinski definition) is 1. The molecule has 0 bridgehead atoms. The zero-order valence-corrected chi connectivity index (χ0v) is 15.7. The van der Waals surface area contributed by atoms with E-state index in [2.05, 4.69) is 4.72 Å². The molecule has 1 heterocycles. The van der Waals surface area contributed by atoms with Crippen molar-refractivity contribution in [1.82, 2.24) is 9.29 Å². The summed E-state index contributed by atoms with van der Waals surface area (Å²) in [6, 6.07) is 14.1. The molecule has 3 rings (SSSR count). The minimum Gasteiger partial charge on any atom is -0.299 e. The smallest absolute Gasteiger partial charge is 0.299 e. The highest BCUT2D eigenvalue weighted by molar-refractivity contribution is 7.89. The van der Waals surface area contributed by atoms with E-state index in [-0.39, 0.29) is 15.8 Å². The fourth-order valence-electron chi connectivity index (χ4n) is 2.84. The maximum atomic E-state index is 12.8. The van der Waals surface area contributed by atoms with Crippen LogP contribution in [0.25, 0.3) is 10.2 Å². The van der Waals surface area contributed by atoms with Gasteiger partial charge in [0.15, 0.2) is 0 Å². The van der Waals surface area contributed by atoms with E-state index in [1.54, 1.807) is 22.8 Å². The Morgan fingerprint density at radius 3 is 2.48 bits per heavy atom. The minimum atomic E-state index is -3.68. The number of nitrogens with one attached hydrogen (secondary N) is 1. The molecule has 0 fully saturated rings. The molecule has 0 aliphatic rings. The zero-order valence-electron chi connectivity index (χ0n) is 14.1. The van der Waals surface area contributed by atoms with Crippen molar-refractivity contribution in [1.29, 1.82) is 0 Å². The maximum absolute atomic E-state index is 12.8. The van der Waals surface area contributed by atoms with Crippen molar-refractivity contribution in [2.24, 2.45) is 0 Å². The Morgan fingerprint density at radius 1 is 1.12 bits per heavy atom. The van der Waals surface area contributed by atoms with E-state index < -0.39 is 10.0 Å². The third-order valence-corrected chi connectivity index (χ3v) is 6.59. The fraction of sp³-hybridized carbons (Fsp3) is 0.278. The first-order valence-corrected chi connectivity index (χ1v) is 10.5. The van der Waals surface area contributed by atoms with Gasteiger partial charge in [0.1, 0.15) is 0 Å². The molecule has 0 spiro atoms. The van der Waals surface area contributed by atoms with Crippen molar-refractivity contribution in [3.8, 4) is 0 Å². The highest BCUT2D eigenvalue weighted by Gasteiger charge is 2.21. The lowest BCUT2D eigenvalue weighted by Gasteiger charge is -2.17. The van der Waals surface area contributed by atoms with Crippen molar-refractivity contribution in [3.63, 3.8) is 0 Å². The third-order valence-electron chi connectivity index (χ3n) is 4.17. The predicted molar refractivity (Wildman–Crippen MR) is 102 cm³/mol. The van der Waals surface area contributed by atoms with Crippen LogP contribution in [0, 0.1) is 0 Å². The molecule has 0 amide bonds. The summed E-state index contributed by atoms with van der Waals surface area (Å²) in [7, 11) is -3.68. The van der Waals surface area contributed by atoms with Crippen LogP contribution in [-0.4, -0.2) is 13.0 Å². The summed E-state index contributed by atoms with van der Waals surface area (Å²) in [5.41, 5.74) is 1.70.